The van der Waals surface area contributed by atoms with Crippen molar-refractivity contribution >= 4 is 39.1 Å². The maximum absolute atomic E-state index is 13.0. The molecule has 16 heavy (non-hydrogen) atoms. The Bertz CT molecular complexity index is 426. The molecule has 2 nitrogen and oxygen atoms in total. The lowest BCUT2D eigenvalue weighted by molar-refractivity contribution is -0.118. The minimum Gasteiger partial charge on any atom is -0.311 e. The fourth-order valence-corrected chi connectivity index (χ4v) is 2.49. The summed E-state index contributed by atoms with van der Waals surface area (Å²) in [7, 11) is 0. The average molecular weight is 307 g/mol. The Morgan fingerprint density at radius 1 is 1.50 bits per heavy atom. The van der Waals surface area contributed by atoms with E-state index in [1.54, 1.807) is 11.0 Å². The molecule has 0 radical (unpaired) electrons. The van der Waals surface area contributed by atoms with E-state index in [0.29, 0.717) is 12.2 Å². The van der Waals surface area contributed by atoms with E-state index in [1.165, 1.54) is 12.1 Å². The van der Waals surface area contributed by atoms with Gasteiger partial charge in [0.2, 0.25) is 5.91 Å². The van der Waals surface area contributed by atoms with Crippen molar-refractivity contribution in [2.24, 2.45) is 0 Å². The number of rotatable bonds is 1. The van der Waals surface area contributed by atoms with Crippen molar-refractivity contribution in [3.63, 3.8) is 0 Å². The quantitative estimate of drug-likeness (QED) is 0.729. The van der Waals surface area contributed by atoms with Crippen LogP contribution in [0.15, 0.2) is 18.2 Å². The Balaban J connectivity index is 2.29. The molecule has 1 aliphatic rings. The highest BCUT2D eigenvalue weighted by Crippen LogP contribution is 2.27. The van der Waals surface area contributed by atoms with E-state index in [0.717, 1.165) is 12.8 Å². The number of hydrogen-bond acceptors (Lipinski definition) is 1. The third kappa shape index (κ3) is 2.23. The molecule has 1 atom stereocenters. The van der Waals surface area contributed by atoms with Gasteiger partial charge < -0.3 is 4.90 Å². The smallest absolute Gasteiger partial charge is 0.240 e. The Labute approximate surface area is 107 Å². The second-order valence-electron chi connectivity index (χ2n) is 3.70. The number of halogens is 3. The number of benzene rings is 1. The number of anilines is 1. The third-order valence-corrected chi connectivity index (χ3v) is 3.73. The highest BCUT2D eigenvalue weighted by atomic mass is 79.9. The lowest BCUT2D eigenvalue weighted by atomic mass is 10.1. The van der Waals surface area contributed by atoms with E-state index < -0.39 is 5.82 Å². The Morgan fingerprint density at radius 2 is 2.25 bits per heavy atom. The molecule has 1 aliphatic heterocycles. The summed E-state index contributed by atoms with van der Waals surface area (Å²) in [5.74, 6) is -0.459. The SMILES string of the molecule is O=C1C(Br)CCCN1c1ccc(F)c(Cl)c1. The zero-order valence-electron chi connectivity index (χ0n) is 8.42. The second kappa shape index (κ2) is 4.72. The van der Waals surface area contributed by atoms with Crippen LogP contribution in [0.25, 0.3) is 0 Å². The fraction of sp³-hybridized carbons (Fsp3) is 0.364. The van der Waals surface area contributed by atoms with Crippen molar-refractivity contribution in [2.75, 3.05) is 11.4 Å². The average Bonchev–Trinajstić information content (AvgIpc) is 2.26. The second-order valence-corrected chi connectivity index (χ2v) is 5.21. The largest absolute Gasteiger partial charge is 0.311 e. The number of carbonyl (C=O) groups excluding carboxylic acids is 1. The number of piperidine rings is 1. The van der Waals surface area contributed by atoms with Gasteiger partial charge in [0, 0.05) is 12.2 Å². The van der Waals surface area contributed by atoms with Gasteiger partial charge in [0.1, 0.15) is 5.82 Å². The summed E-state index contributed by atoms with van der Waals surface area (Å²) in [6.07, 6.45) is 1.76. The van der Waals surface area contributed by atoms with Crippen LogP contribution in [0.2, 0.25) is 5.02 Å². The first-order valence-electron chi connectivity index (χ1n) is 5.00. The van der Waals surface area contributed by atoms with Crippen LogP contribution in [-0.2, 0) is 4.79 Å². The first-order valence-corrected chi connectivity index (χ1v) is 6.29. The molecule has 0 saturated carbocycles. The normalized spacial score (nSPS) is 21.3. The number of nitrogens with zero attached hydrogens (tertiary/aromatic N) is 1. The zero-order chi connectivity index (χ0) is 11.7. The maximum Gasteiger partial charge on any atom is 0.240 e. The monoisotopic (exact) mass is 305 g/mol. The van der Waals surface area contributed by atoms with Crippen molar-refractivity contribution in [3.05, 3.63) is 29.0 Å². The van der Waals surface area contributed by atoms with Crippen LogP contribution in [-0.4, -0.2) is 17.3 Å². The van der Waals surface area contributed by atoms with Gasteiger partial charge in [0.15, 0.2) is 0 Å². The first kappa shape index (κ1) is 11.9. The molecule has 1 heterocycles. The van der Waals surface area contributed by atoms with Crippen molar-refractivity contribution in [2.45, 2.75) is 17.7 Å². The first-order chi connectivity index (χ1) is 7.59. The summed E-state index contributed by atoms with van der Waals surface area (Å²) in [4.78, 5) is 13.3. The highest BCUT2D eigenvalue weighted by Gasteiger charge is 2.27. The number of hydrogen-bond donors (Lipinski definition) is 0. The summed E-state index contributed by atoms with van der Waals surface area (Å²) in [6, 6.07) is 4.34. The van der Waals surface area contributed by atoms with Crippen molar-refractivity contribution < 1.29 is 9.18 Å². The topological polar surface area (TPSA) is 20.3 Å². The molecule has 1 amide bonds. The fourth-order valence-electron chi connectivity index (χ4n) is 1.74. The van der Waals surface area contributed by atoms with Gasteiger partial charge in [0.05, 0.1) is 9.85 Å². The van der Waals surface area contributed by atoms with E-state index in [-0.39, 0.29) is 15.8 Å². The van der Waals surface area contributed by atoms with E-state index in [4.69, 9.17) is 11.6 Å². The number of alkyl halides is 1. The van der Waals surface area contributed by atoms with Gasteiger partial charge in [0.25, 0.3) is 0 Å². The van der Waals surface area contributed by atoms with Crippen LogP contribution in [0, 0.1) is 5.82 Å². The van der Waals surface area contributed by atoms with E-state index in [9.17, 15) is 9.18 Å². The molecule has 5 heteroatoms. The molecular formula is C11H10BrClFNO. The van der Waals surface area contributed by atoms with Gasteiger partial charge >= 0.3 is 0 Å². The van der Waals surface area contributed by atoms with Gasteiger partial charge in [-0.3, -0.25) is 4.79 Å². The van der Waals surface area contributed by atoms with Crippen molar-refractivity contribution in [1.82, 2.24) is 0 Å². The van der Waals surface area contributed by atoms with E-state index in [2.05, 4.69) is 15.9 Å². The van der Waals surface area contributed by atoms with Crippen molar-refractivity contribution in [1.29, 1.82) is 0 Å². The lowest BCUT2D eigenvalue weighted by Crippen LogP contribution is -2.41. The van der Waals surface area contributed by atoms with Gasteiger partial charge in [-0.05, 0) is 31.0 Å². The molecule has 1 aromatic rings. The molecule has 1 aromatic carbocycles. The molecular weight excluding hydrogens is 296 g/mol. The standard InChI is InChI=1S/C11H10BrClFNO/c12-8-2-1-5-15(11(8)16)7-3-4-10(14)9(13)6-7/h3-4,6,8H,1-2,5H2. The minimum atomic E-state index is -0.467. The van der Waals surface area contributed by atoms with Gasteiger partial charge in [-0.25, -0.2) is 4.39 Å². The Kier molecular flexibility index (Phi) is 3.50. The predicted molar refractivity (Wildman–Crippen MR) is 65.7 cm³/mol. The number of amides is 1. The van der Waals surface area contributed by atoms with Gasteiger partial charge in [-0.15, -0.1) is 0 Å². The summed E-state index contributed by atoms with van der Waals surface area (Å²) in [5.41, 5.74) is 0.653. The molecule has 0 aliphatic carbocycles. The van der Waals surface area contributed by atoms with Crippen LogP contribution >= 0.6 is 27.5 Å². The molecule has 0 spiro atoms. The highest BCUT2D eigenvalue weighted by molar-refractivity contribution is 9.10. The molecule has 2 rings (SSSR count). The van der Waals surface area contributed by atoms with Gasteiger partial charge in [-0.1, -0.05) is 27.5 Å². The molecule has 1 fully saturated rings. The molecule has 1 unspecified atom stereocenters. The minimum absolute atomic E-state index is 0.00826. The Morgan fingerprint density at radius 3 is 2.94 bits per heavy atom. The molecule has 0 bridgehead atoms. The van der Waals surface area contributed by atoms with Crippen molar-refractivity contribution in [3.8, 4) is 0 Å². The van der Waals surface area contributed by atoms with Crippen LogP contribution in [0.1, 0.15) is 12.8 Å². The molecule has 86 valence electrons. The van der Waals surface area contributed by atoms with Crippen LogP contribution < -0.4 is 4.90 Å². The third-order valence-electron chi connectivity index (χ3n) is 2.59. The maximum atomic E-state index is 13.0. The number of carbonyl (C=O) groups is 1. The van der Waals surface area contributed by atoms with Crippen LogP contribution in [0.4, 0.5) is 10.1 Å². The van der Waals surface area contributed by atoms with E-state index >= 15 is 0 Å². The molecule has 1 saturated heterocycles. The Hall–Kier alpha value is -0.610. The summed E-state index contributed by atoms with van der Waals surface area (Å²) in [6.45, 7) is 0.656. The molecule has 0 aromatic heterocycles. The summed E-state index contributed by atoms with van der Waals surface area (Å²) in [5, 5.41) is 0.0435. The summed E-state index contributed by atoms with van der Waals surface area (Å²) >= 11 is 9.02. The van der Waals surface area contributed by atoms with Gasteiger partial charge in [-0.2, -0.15) is 0 Å². The lowest BCUT2D eigenvalue weighted by Gasteiger charge is -2.29. The molecule has 0 N–H and O–H groups in total. The van der Waals surface area contributed by atoms with E-state index in [1.807, 2.05) is 0 Å². The predicted octanol–water partition coefficient (Wildman–Crippen LogP) is 3.37. The summed E-state index contributed by atoms with van der Waals surface area (Å²) < 4.78 is 13.0. The van der Waals surface area contributed by atoms with Crippen LogP contribution in [0.5, 0.6) is 0 Å². The van der Waals surface area contributed by atoms with Crippen LogP contribution in [0.3, 0.4) is 0 Å². The zero-order valence-corrected chi connectivity index (χ0v) is 10.8.